The molecule has 4 aromatic rings. The van der Waals surface area contributed by atoms with Crippen LogP contribution in [0.25, 0.3) is 16.6 Å². The molecule has 9 nitrogen and oxygen atoms in total. The third-order valence-corrected chi connectivity index (χ3v) is 3.94. The van der Waals surface area contributed by atoms with Gasteiger partial charge in [0.1, 0.15) is 4.92 Å². The zero-order valence-electron chi connectivity index (χ0n) is 14.4. The molecule has 0 aliphatic carbocycles. The van der Waals surface area contributed by atoms with E-state index in [1.807, 2.05) is 18.2 Å². The van der Waals surface area contributed by atoms with Crippen LogP contribution >= 0.6 is 0 Å². The summed E-state index contributed by atoms with van der Waals surface area (Å²) in [5.41, 5.74) is 3.62. The molecule has 138 valence electrons. The van der Waals surface area contributed by atoms with Crippen LogP contribution in [0.15, 0.2) is 81.0 Å². The lowest BCUT2D eigenvalue weighted by atomic mass is 10.2. The van der Waals surface area contributed by atoms with Gasteiger partial charge < -0.3 is 4.42 Å². The van der Waals surface area contributed by atoms with Gasteiger partial charge in [0.05, 0.1) is 28.9 Å². The summed E-state index contributed by atoms with van der Waals surface area (Å²) < 4.78 is 6.42. The van der Waals surface area contributed by atoms with E-state index in [1.165, 1.54) is 22.9 Å². The fourth-order valence-corrected chi connectivity index (χ4v) is 2.69. The number of fused-ring (bicyclic) bond motifs is 1. The van der Waals surface area contributed by atoms with E-state index in [1.54, 1.807) is 36.4 Å². The highest BCUT2D eigenvalue weighted by molar-refractivity contribution is 5.80. The average molecular weight is 375 g/mol. The molecule has 2 aromatic carbocycles. The number of benzene rings is 2. The van der Waals surface area contributed by atoms with Crippen molar-refractivity contribution in [3.05, 3.63) is 93.0 Å². The molecule has 0 spiro atoms. The van der Waals surface area contributed by atoms with Crippen LogP contribution in [-0.2, 0) is 0 Å². The van der Waals surface area contributed by atoms with Crippen molar-refractivity contribution in [2.24, 2.45) is 5.10 Å². The smallest absolute Gasteiger partial charge is 0.400 e. The van der Waals surface area contributed by atoms with Gasteiger partial charge in [-0.1, -0.05) is 30.3 Å². The van der Waals surface area contributed by atoms with Gasteiger partial charge in [0.2, 0.25) is 5.95 Å². The number of furan rings is 1. The third kappa shape index (κ3) is 3.23. The van der Waals surface area contributed by atoms with Crippen LogP contribution in [0.4, 0.5) is 11.8 Å². The second-order valence-electron chi connectivity index (χ2n) is 5.73. The number of nitrogens with zero attached hydrogens (tertiary/aromatic N) is 4. The molecule has 0 radical (unpaired) electrons. The molecule has 0 saturated heterocycles. The highest BCUT2D eigenvalue weighted by Crippen LogP contribution is 2.17. The minimum atomic E-state index is -0.636. The number of aromatic nitrogens is 2. The van der Waals surface area contributed by atoms with Gasteiger partial charge in [0, 0.05) is 0 Å². The fraction of sp³-hybridized carbons (Fsp3) is 0. The molecule has 0 fully saturated rings. The number of para-hydroxylation sites is 2. The van der Waals surface area contributed by atoms with Crippen LogP contribution in [0.1, 0.15) is 5.76 Å². The van der Waals surface area contributed by atoms with Gasteiger partial charge in [0.25, 0.3) is 5.56 Å². The Kier molecular flexibility index (Phi) is 4.38. The average Bonchev–Trinajstić information content (AvgIpc) is 3.18. The van der Waals surface area contributed by atoms with Crippen LogP contribution < -0.4 is 11.0 Å². The van der Waals surface area contributed by atoms with Crippen LogP contribution in [0, 0.1) is 10.1 Å². The second kappa shape index (κ2) is 7.16. The van der Waals surface area contributed by atoms with E-state index in [-0.39, 0.29) is 23.2 Å². The lowest BCUT2D eigenvalue weighted by Gasteiger charge is -2.12. The quantitative estimate of drug-likeness (QED) is 0.325. The van der Waals surface area contributed by atoms with Crippen LogP contribution in [0.5, 0.6) is 0 Å². The second-order valence-corrected chi connectivity index (χ2v) is 5.73. The maximum atomic E-state index is 13.0. The first kappa shape index (κ1) is 17.2. The SMILES string of the molecule is O=c1c2ccccc2nc(NN=Cc2ccc([N+](=O)[O-])o2)n1-c1ccccc1. The van der Waals surface area contributed by atoms with E-state index in [9.17, 15) is 14.9 Å². The molecule has 2 heterocycles. The van der Waals surface area contributed by atoms with Crippen molar-refractivity contribution in [3.8, 4) is 5.69 Å². The minimum Gasteiger partial charge on any atom is -0.400 e. The summed E-state index contributed by atoms with van der Waals surface area (Å²) in [5, 5.41) is 15.2. The molecule has 0 aliphatic rings. The van der Waals surface area contributed by atoms with Crippen molar-refractivity contribution in [3.63, 3.8) is 0 Å². The van der Waals surface area contributed by atoms with Gasteiger partial charge in [-0.25, -0.2) is 15.0 Å². The predicted octanol–water partition coefficient (Wildman–Crippen LogP) is 3.33. The molecule has 0 aliphatic heterocycles. The molecule has 0 amide bonds. The van der Waals surface area contributed by atoms with Crippen molar-refractivity contribution in [2.45, 2.75) is 0 Å². The Hall–Kier alpha value is -4.27. The summed E-state index contributed by atoms with van der Waals surface area (Å²) in [4.78, 5) is 27.5. The molecular formula is C19H13N5O4. The molecular weight excluding hydrogens is 362 g/mol. The Morgan fingerprint density at radius 3 is 2.57 bits per heavy atom. The van der Waals surface area contributed by atoms with Crippen LogP contribution in [0.3, 0.4) is 0 Å². The lowest BCUT2D eigenvalue weighted by molar-refractivity contribution is -0.402. The molecule has 9 heteroatoms. The van der Waals surface area contributed by atoms with Gasteiger partial charge in [-0.05, 0) is 30.3 Å². The largest absolute Gasteiger partial charge is 0.433 e. The number of nitrogens with one attached hydrogen (secondary N) is 1. The van der Waals surface area contributed by atoms with Crippen molar-refractivity contribution in [1.29, 1.82) is 0 Å². The zero-order chi connectivity index (χ0) is 19.5. The number of hydrogen-bond acceptors (Lipinski definition) is 7. The van der Waals surface area contributed by atoms with Crippen molar-refractivity contribution >= 4 is 29.0 Å². The van der Waals surface area contributed by atoms with Gasteiger partial charge in [-0.3, -0.25) is 14.9 Å². The number of rotatable bonds is 5. The summed E-state index contributed by atoms with van der Waals surface area (Å²) in [5.74, 6) is 0.00674. The lowest BCUT2D eigenvalue weighted by Crippen LogP contribution is -2.22. The number of hydrazone groups is 1. The van der Waals surface area contributed by atoms with Gasteiger partial charge in [-0.15, -0.1) is 0 Å². The van der Waals surface area contributed by atoms with E-state index >= 15 is 0 Å². The zero-order valence-corrected chi connectivity index (χ0v) is 14.4. The Morgan fingerprint density at radius 1 is 1.07 bits per heavy atom. The standard InChI is InChI=1S/C19H13N5O4/c25-18-15-8-4-5-9-16(15)21-19(23(18)13-6-2-1-3-7-13)22-20-12-14-10-11-17(28-14)24(26)27/h1-12H,(H,21,22). The van der Waals surface area contributed by atoms with E-state index in [0.717, 1.165) is 0 Å². The van der Waals surface area contributed by atoms with Crippen molar-refractivity contribution in [1.82, 2.24) is 9.55 Å². The van der Waals surface area contributed by atoms with E-state index < -0.39 is 4.92 Å². The molecule has 1 N–H and O–H groups in total. The minimum absolute atomic E-state index is 0.189. The Bertz CT molecular complexity index is 1240. The first-order chi connectivity index (χ1) is 13.6. The van der Waals surface area contributed by atoms with E-state index in [0.29, 0.717) is 16.6 Å². The summed E-state index contributed by atoms with van der Waals surface area (Å²) >= 11 is 0. The fourth-order valence-electron chi connectivity index (χ4n) is 2.69. The Labute approximate surface area is 157 Å². The van der Waals surface area contributed by atoms with Crippen LogP contribution in [0.2, 0.25) is 0 Å². The highest BCUT2D eigenvalue weighted by Gasteiger charge is 2.13. The molecule has 0 unspecified atom stereocenters. The predicted molar refractivity (Wildman–Crippen MR) is 104 cm³/mol. The van der Waals surface area contributed by atoms with E-state index in [2.05, 4.69) is 15.5 Å². The van der Waals surface area contributed by atoms with Gasteiger partial charge >= 0.3 is 5.88 Å². The van der Waals surface area contributed by atoms with Gasteiger partial charge in [-0.2, -0.15) is 5.10 Å². The van der Waals surface area contributed by atoms with Crippen LogP contribution in [-0.4, -0.2) is 20.7 Å². The molecule has 0 atom stereocenters. The van der Waals surface area contributed by atoms with Gasteiger partial charge in [0.15, 0.2) is 5.76 Å². The Balaban J connectivity index is 1.75. The summed E-state index contributed by atoms with van der Waals surface area (Å²) in [6.45, 7) is 0. The first-order valence-corrected chi connectivity index (χ1v) is 8.24. The Morgan fingerprint density at radius 2 is 1.82 bits per heavy atom. The summed E-state index contributed by atoms with van der Waals surface area (Å²) in [6.07, 6.45) is 1.27. The van der Waals surface area contributed by atoms with E-state index in [4.69, 9.17) is 4.42 Å². The molecule has 4 rings (SSSR count). The molecule has 0 saturated carbocycles. The summed E-state index contributed by atoms with van der Waals surface area (Å²) in [6, 6.07) is 18.7. The monoisotopic (exact) mass is 375 g/mol. The number of nitro groups is 1. The van der Waals surface area contributed by atoms with Crippen molar-refractivity contribution < 1.29 is 9.34 Å². The maximum Gasteiger partial charge on any atom is 0.433 e. The highest BCUT2D eigenvalue weighted by atomic mass is 16.6. The summed E-state index contributed by atoms with van der Waals surface area (Å²) in [7, 11) is 0. The molecule has 0 bridgehead atoms. The normalized spacial score (nSPS) is 11.1. The topological polar surface area (TPSA) is 116 Å². The van der Waals surface area contributed by atoms with Crippen molar-refractivity contribution in [2.75, 3.05) is 5.43 Å². The molecule has 2 aromatic heterocycles. The third-order valence-electron chi connectivity index (χ3n) is 3.94. The number of hydrogen-bond donors (Lipinski definition) is 1. The maximum absolute atomic E-state index is 13.0. The molecule has 28 heavy (non-hydrogen) atoms. The first-order valence-electron chi connectivity index (χ1n) is 8.24. The number of anilines is 1.